The Balaban J connectivity index is 2.64. The molecule has 0 fully saturated rings. The van der Waals surface area contributed by atoms with E-state index in [4.69, 9.17) is 0 Å². The average molecular weight is 242 g/mol. The highest BCUT2D eigenvalue weighted by atomic mass is 16.2. The number of hydrogen-bond acceptors (Lipinski definition) is 4. The summed E-state index contributed by atoms with van der Waals surface area (Å²) in [5, 5.41) is 0. The van der Waals surface area contributed by atoms with Gasteiger partial charge in [0.2, 0.25) is 11.6 Å². The molecular weight excluding hydrogens is 236 g/mol. The minimum absolute atomic E-state index is 0.241. The lowest BCUT2D eigenvalue weighted by Gasteiger charge is -2.12. The van der Waals surface area contributed by atoms with Crippen LogP contribution in [0.4, 0.5) is 0 Å². The molecule has 6 heteroatoms. The van der Waals surface area contributed by atoms with Crippen molar-refractivity contribution in [2.45, 2.75) is 0 Å². The molecule has 0 amide bonds. The van der Waals surface area contributed by atoms with Gasteiger partial charge in [-0.05, 0) is 24.3 Å². The molecule has 0 saturated heterocycles. The summed E-state index contributed by atoms with van der Waals surface area (Å²) in [6.07, 6.45) is 5.40. The van der Waals surface area contributed by atoms with E-state index < -0.39 is 22.6 Å². The Morgan fingerprint density at radius 2 is 1.50 bits per heavy atom. The van der Waals surface area contributed by atoms with Crippen LogP contribution in [-0.4, -0.2) is 20.6 Å². The Morgan fingerprint density at radius 3 is 2.22 bits per heavy atom. The third-order valence-electron chi connectivity index (χ3n) is 2.77. The quantitative estimate of drug-likeness (QED) is 0.585. The van der Waals surface area contributed by atoms with Crippen LogP contribution in [0.15, 0.2) is 40.2 Å². The maximum absolute atomic E-state index is 11.8. The zero-order valence-corrected chi connectivity index (χ0v) is 8.99. The van der Waals surface area contributed by atoms with Gasteiger partial charge in [-0.1, -0.05) is 0 Å². The standard InChI is InChI=1S/C12H6N2O4/c15-8-4-3-7-9(10(8)16)11(17)12(18)14-6-2-1-5-13(7)14/h1-6H. The number of hydrogen-bond donors (Lipinski definition) is 0. The fourth-order valence-electron chi connectivity index (χ4n) is 1.94. The van der Waals surface area contributed by atoms with Gasteiger partial charge >= 0.3 is 5.56 Å². The number of aromatic nitrogens is 2. The first kappa shape index (κ1) is 10.4. The van der Waals surface area contributed by atoms with Gasteiger partial charge in [-0.2, -0.15) is 0 Å². The van der Waals surface area contributed by atoms with Crippen molar-refractivity contribution in [2.75, 3.05) is 0 Å². The number of allylic oxidation sites excluding steroid dienone is 1. The fourth-order valence-corrected chi connectivity index (χ4v) is 1.94. The van der Waals surface area contributed by atoms with E-state index in [9.17, 15) is 19.2 Å². The number of ketones is 2. The third-order valence-corrected chi connectivity index (χ3v) is 2.77. The lowest BCUT2D eigenvalue weighted by Crippen LogP contribution is -2.41. The second kappa shape index (κ2) is 3.36. The predicted octanol–water partition coefficient (Wildman–Crippen LogP) is -0.462. The van der Waals surface area contributed by atoms with Crippen molar-refractivity contribution in [3.63, 3.8) is 0 Å². The predicted molar refractivity (Wildman–Crippen MR) is 61.8 cm³/mol. The number of rotatable bonds is 0. The van der Waals surface area contributed by atoms with Crippen molar-refractivity contribution in [3.05, 3.63) is 62.4 Å². The molecule has 6 nitrogen and oxygen atoms in total. The van der Waals surface area contributed by atoms with Crippen molar-refractivity contribution in [2.24, 2.45) is 0 Å². The molecule has 0 unspecified atom stereocenters. The summed E-state index contributed by atoms with van der Waals surface area (Å²) in [5.74, 6) is -1.73. The molecule has 0 spiro atoms. The molecular formula is C12H6N2O4. The van der Waals surface area contributed by atoms with E-state index in [1.807, 2.05) is 0 Å². The van der Waals surface area contributed by atoms with Gasteiger partial charge in [0.1, 0.15) is 5.56 Å². The van der Waals surface area contributed by atoms with E-state index >= 15 is 0 Å². The number of carbonyl (C=O) groups is 2. The Kier molecular flexibility index (Phi) is 1.94. The van der Waals surface area contributed by atoms with Crippen molar-refractivity contribution < 1.29 is 9.59 Å². The number of carbonyl (C=O) groups excluding carboxylic acids is 2. The summed E-state index contributed by atoms with van der Waals surface area (Å²) >= 11 is 0. The van der Waals surface area contributed by atoms with Crippen LogP contribution in [-0.2, 0) is 4.79 Å². The molecule has 3 rings (SSSR count). The molecule has 0 bridgehead atoms. The molecule has 2 aromatic rings. The number of fused-ring (bicyclic) bond motifs is 3. The van der Waals surface area contributed by atoms with Crippen molar-refractivity contribution in [3.8, 4) is 0 Å². The molecule has 0 saturated carbocycles. The second-order valence-electron chi connectivity index (χ2n) is 3.79. The highest BCUT2D eigenvalue weighted by molar-refractivity contribution is 6.49. The van der Waals surface area contributed by atoms with Crippen LogP contribution in [0, 0.1) is 0 Å². The van der Waals surface area contributed by atoms with Gasteiger partial charge in [0.05, 0.1) is 5.69 Å². The van der Waals surface area contributed by atoms with Crippen LogP contribution in [0.3, 0.4) is 0 Å². The van der Waals surface area contributed by atoms with Crippen LogP contribution in [0.1, 0.15) is 16.1 Å². The molecule has 0 N–H and O–H groups in total. The molecule has 2 aromatic heterocycles. The fraction of sp³-hybridized carbons (Fsp3) is 0. The van der Waals surface area contributed by atoms with E-state index in [0.717, 1.165) is 10.6 Å². The van der Waals surface area contributed by atoms with Gasteiger partial charge in [0.25, 0.3) is 5.43 Å². The molecule has 0 aromatic carbocycles. The maximum Gasteiger partial charge on any atom is 0.318 e. The van der Waals surface area contributed by atoms with Gasteiger partial charge in [0, 0.05) is 12.4 Å². The summed E-state index contributed by atoms with van der Waals surface area (Å²) in [7, 11) is 0. The smallest absolute Gasteiger partial charge is 0.286 e. The lowest BCUT2D eigenvalue weighted by atomic mass is 10.00. The Morgan fingerprint density at radius 1 is 0.833 bits per heavy atom. The molecule has 0 atom stereocenters. The van der Waals surface area contributed by atoms with E-state index in [0.29, 0.717) is 0 Å². The third kappa shape index (κ3) is 1.17. The van der Waals surface area contributed by atoms with E-state index in [1.165, 1.54) is 23.0 Å². The highest BCUT2D eigenvalue weighted by Gasteiger charge is 2.27. The zero-order chi connectivity index (χ0) is 12.9. The Bertz CT molecular complexity index is 854. The molecule has 18 heavy (non-hydrogen) atoms. The van der Waals surface area contributed by atoms with E-state index in [1.54, 1.807) is 12.1 Å². The van der Waals surface area contributed by atoms with Crippen LogP contribution in [0.2, 0.25) is 0 Å². The van der Waals surface area contributed by atoms with Gasteiger partial charge in [-0.15, -0.1) is 0 Å². The largest absolute Gasteiger partial charge is 0.318 e. The molecule has 0 aliphatic heterocycles. The summed E-state index contributed by atoms with van der Waals surface area (Å²) in [6.45, 7) is 0. The van der Waals surface area contributed by atoms with Crippen LogP contribution in [0.5, 0.6) is 0 Å². The van der Waals surface area contributed by atoms with Crippen LogP contribution in [0.25, 0.3) is 6.08 Å². The van der Waals surface area contributed by atoms with E-state index in [2.05, 4.69) is 0 Å². The summed E-state index contributed by atoms with van der Waals surface area (Å²) in [4.78, 5) is 46.6. The first-order valence-electron chi connectivity index (χ1n) is 5.14. The highest BCUT2D eigenvalue weighted by Crippen LogP contribution is 2.11. The van der Waals surface area contributed by atoms with Gasteiger partial charge < -0.3 is 0 Å². The minimum atomic E-state index is -0.955. The van der Waals surface area contributed by atoms with Crippen LogP contribution >= 0.6 is 0 Å². The van der Waals surface area contributed by atoms with Gasteiger partial charge in [-0.3, -0.25) is 23.7 Å². The molecule has 2 heterocycles. The lowest BCUT2D eigenvalue weighted by molar-refractivity contribution is -0.110. The molecule has 88 valence electrons. The number of Topliss-reactive ketones (excluding diaryl/α,β-unsaturated/α-hetero) is 1. The molecule has 1 aliphatic rings. The van der Waals surface area contributed by atoms with Crippen molar-refractivity contribution >= 4 is 17.6 Å². The first-order chi connectivity index (χ1) is 8.61. The monoisotopic (exact) mass is 242 g/mol. The Labute approximate surface area is 99.4 Å². The average Bonchev–Trinajstić information content (AvgIpc) is 2.39. The van der Waals surface area contributed by atoms with Gasteiger partial charge in [0.15, 0.2) is 0 Å². The number of nitrogens with zero attached hydrogens (tertiary/aromatic N) is 2. The maximum atomic E-state index is 11.8. The summed E-state index contributed by atoms with van der Waals surface area (Å²) in [6, 6.07) is 3.24. The summed E-state index contributed by atoms with van der Waals surface area (Å²) < 4.78 is 2.45. The topological polar surface area (TPSA) is 77.1 Å². The normalized spacial score (nSPS) is 14.0. The Hall–Kier alpha value is -2.76. The second-order valence-corrected chi connectivity index (χ2v) is 3.79. The summed E-state index contributed by atoms with van der Waals surface area (Å²) in [5.41, 5.74) is -1.93. The van der Waals surface area contributed by atoms with Crippen molar-refractivity contribution in [1.82, 2.24) is 9.03 Å². The van der Waals surface area contributed by atoms with Crippen LogP contribution < -0.4 is 11.0 Å². The minimum Gasteiger partial charge on any atom is -0.286 e. The van der Waals surface area contributed by atoms with E-state index in [-0.39, 0.29) is 11.3 Å². The molecule has 0 radical (unpaired) electrons. The first-order valence-corrected chi connectivity index (χ1v) is 5.14. The zero-order valence-electron chi connectivity index (χ0n) is 8.99. The SMILES string of the molecule is O=C1C=Cc2c(c(=O)c(=O)n3ccccn23)C1=O. The van der Waals surface area contributed by atoms with Gasteiger partial charge in [-0.25, -0.2) is 4.52 Å². The van der Waals surface area contributed by atoms with Crippen molar-refractivity contribution in [1.29, 1.82) is 0 Å². The molecule has 1 aliphatic carbocycles.